The van der Waals surface area contributed by atoms with Gasteiger partial charge in [-0.1, -0.05) is 26.8 Å². The van der Waals surface area contributed by atoms with Gasteiger partial charge in [-0.05, 0) is 30.0 Å². The van der Waals surface area contributed by atoms with Gasteiger partial charge in [0.25, 0.3) is 0 Å². The maximum atomic E-state index is 13.3. The third kappa shape index (κ3) is 4.29. The van der Waals surface area contributed by atoms with Gasteiger partial charge < -0.3 is 20.1 Å². The Balaban J connectivity index is 1.82. The lowest BCUT2D eigenvalue weighted by molar-refractivity contribution is -0.286. The molecule has 3 rings (SSSR count). The van der Waals surface area contributed by atoms with Crippen LogP contribution in [-0.2, 0) is 9.59 Å². The lowest BCUT2D eigenvalue weighted by Crippen LogP contribution is -2.60. The molecule has 27 heavy (non-hydrogen) atoms. The fourth-order valence-electron chi connectivity index (χ4n) is 3.24. The van der Waals surface area contributed by atoms with Gasteiger partial charge in [-0.2, -0.15) is 0 Å². The summed E-state index contributed by atoms with van der Waals surface area (Å²) in [4.78, 5) is 24.4. The average molecular weight is 383 g/mol. The highest BCUT2D eigenvalue weighted by atomic mass is 19.3. The smallest absolute Gasteiger partial charge is 0.395 e. The van der Waals surface area contributed by atoms with Crippen molar-refractivity contribution in [2.45, 2.75) is 58.7 Å². The van der Waals surface area contributed by atoms with Crippen LogP contribution in [0.4, 0.5) is 8.78 Å². The van der Waals surface area contributed by atoms with Gasteiger partial charge in [0, 0.05) is 0 Å². The molecule has 2 aliphatic rings. The first-order chi connectivity index (χ1) is 12.4. The van der Waals surface area contributed by atoms with Gasteiger partial charge in [0.2, 0.25) is 11.8 Å². The summed E-state index contributed by atoms with van der Waals surface area (Å²) in [7, 11) is 0. The van der Waals surface area contributed by atoms with Gasteiger partial charge in [-0.25, -0.2) is 0 Å². The van der Waals surface area contributed by atoms with Gasteiger partial charge in [0.1, 0.15) is 0 Å². The quantitative estimate of drug-likeness (QED) is 0.743. The van der Waals surface area contributed by atoms with Crippen LogP contribution in [-0.4, -0.2) is 30.3 Å². The lowest BCUT2D eigenvalue weighted by atomic mass is 9.82. The topological polar surface area (TPSA) is 88.7 Å². The standard InChI is InChI=1S/C18H23F2N3O4/c1-9-21-11(8-14(24)22-9)16(25)23-15(17(2,3)4)10-5-6-12-13(7-10)27-18(19,20)26-12/h5-7,9,11,15,21H,8H2,1-4H3,(H,22,24)(H,23,25)/t9?,11?,15-/m0/s1. The van der Waals surface area contributed by atoms with Crippen LogP contribution in [0.1, 0.15) is 45.7 Å². The number of fused-ring (bicyclic) bond motifs is 1. The van der Waals surface area contributed by atoms with Crippen molar-refractivity contribution >= 4 is 11.8 Å². The van der Waals surface area contributed by atoms with Crippen LogP contribution in [0, 0.1) is 5.41 Å². The van der Waals surface area contributed by atoms with E-state index in [0.29, 0.717) is 5.56 Å². The van der Waals surface area contributed by atoms with Crippen LogP contribution in [0.25, 0.3) is 0 Å². The Morgan fingerprint density at radius 2 is 1.96 bits per heavy atom. The number of carbonyl (C=O) groups excluding carboxylic acids is 2. The number of amides is 2. The molecule has 2 aliphatic heterocycles. The molecule has 2 heterocycles. The zero-order valence-corrected chi connectivity index (χ0v) is 15.6. The highest BCUT2D eigenvalue weighted by Gasteiger charge is 2.44. The third-order valence-electron chi connectivity index (χ3n) is 4.45. The fraction of sp³-hybridized carbons (Fsp3) is 0.556. The van der Waals surface area contributed by atoms with E-state index in [1.807, 2.05) is 20.8 Å². The first-order valence-corrected chi connectivity index (χ1v) is 8.70. The zero-order chi connectivity index (χ0) is 20.0. The molecule has 3 N–H and O–H groups in total. The molecule has 1 saturated heterocycles. The van der Waals surface area contributed by atoms with E-state index < -0.39 is 23.8 Å². The number of alkyl halides is 2. The third-order valence-corrected chi connectivity index (χ3v) is 4.45. The summed E-state index contributed by atoms with van der Waals surface area (Å²) in [6.45, 7) is 7.50. The largest absolute Gasteiger partial charge is 0.586 e. The first kappa shape index (κ1) is 19.3. The van der Waals surface area contributed by atoms with E-state index in [2.05, 4.69) is 25.4 Å². The molecule has 2 amide bonds. The SMILES string of the molecule is CC1NC(=O)CC(C(=O)N[C@@H](c2ccc3c(c2)OC(F)(F)O3)C(C)(C)C)N1. The van der Waals surface area contributed by atoms with E-state index in [0.717, 1.165) is 0 Å². The van der Waals surface area contributed by atoms with Crippen molar-refractivity contribution in [2.75, 3.05) is 0 Å². The van der Waals surface area contributed by atoms with Crippen LogP contribution in [0.3, 0.4) is 0 Å². The molecule has 148 valence electrons. The summed E-state index contributed by atoms with van der Waals surface area (Å²) < 4.78 is 35.5. The number of ether oxygens (including phenoxy) is 2. The van der Waals surface area contributed by atoms with Gasteiger partial charge in [0.05, 0.1) is 24.7 Å². The molecule has 0 bridgehead atoms. The van der Waals surface area contributed by atoms with E-state index in [1.165, 1.54) is 12.1 Å². The molecule has 3 atom stereocenters. The molecular weight excluding hydrogens is 360 g/mol. The Kier molecular flexibility index (Phi) is 4.75. The Labute approximate surface area is 155 Å². The van der Waals surface area contributed by atoms with Crippen LogP contribution < -0.4 is 25.4 Å². The second-order valence-corrected chi connectivity index (χ2v) is 7.89. The fourth-order valence-corrected chi connectivity index (χ4v) is 3.24. The monoisotopic (exact) mass is 383 g/mol. The number of hydrogen-bond acceptors (Lipinski definition) is 5. The molecule has 0 aliphatic carbocycles. The number of rotatable bonds is 3. The second-order valence-electron chi connectivity index (χ2n) is 7.89. The Morgan fingerprint density at radius 3 is 2.59 bits per heavy atom. The Hall–Kier alpha value is -2.42. The molecule has 0 radical (unpaired) electrons. The van der Waals surface area contributed by atoms with Crippen LogP contribution >= 0.6 is 0 Å². The first-order valence-electron chi connectivity index (χ1n) is 8.70. The van der Waals surface area contributed by atoms with Crippen molar-refractivity contribution < 1.29 is 27.8 Å². The predicted octanol–water partition coefficient (Wildman–Crippen LogP) is 2.04. The van der Waals surface area contributed by atoms with E-state index in [1.54, 1.807) is 13.0 Å². The minimum Gasteiger partial charge on any atom is -0.395 e. The summed E-state index contributed by atoms with van der Waals surface area (Å²) in [6, 6.07) is 3.29. The number of carbonyl (C=O) groups is 2. The maximum absolute atomic E-state index is 13.3. The van der Waals surface area contributed by atoms with E-state index in [4.69, 9.17) is 0 Å². The van der Waals surface area contributed by atoms with E-state index in [-0.39, 0.29) is 35.9 Å². The van der Waals surface area contributed by atoms with Gasteiger partial charge in [-0.15, -0.1) is 8.78 Å². The van der Waals surface area contributed by atoms with Crippen molar-refractivity contribution in [1.82, 2.24) is 16.0 Å². The summed E-state index contributed by atoms with van der Waals surface area (Å²) in [5.41, 5.74) is 0.179. The molecule has 0 saturated carbocycles. The van der Waals surface area contributed by atoms with Crippen LogP contribution in [0.5, 0.6) is 11.5 Å². The highest BCUT2D eigenvalue weighted by Crippen LogP contribution is 2.44. The predicted molar refractivity (Wildman–Crippen MR) is 92.1 cm³/mol. The summed E-state index contributed by atoms with van der Waals surface area (Å²) in [6.07, 6.45) is -3.99. The molecule has 9 heteroatoms. The number of nitrogens with one attached hydrogen (secondary N) is 3. The molecule has 7 nitrogen and oxygen atoms in total. The van der Waals surface area contributed by atoms with E-state index >= 15 is 0 Å². The van der Waals surface area contributed by atoms with Crippen LogP contribution in [0.15, 0.2) is 18.2 Å². The molecule has 1 aromatic rings. The van der Waals surface area contributed by atoms with Gasteiger partial charge in [0.15, 0.2) is 11.5 Å². The van der Waals surface area contributed by atoms with Crippen molar-refractivity contribution in [3.63, 3.8) is 0 Å². The molecule has 1 aromatic carbocycles. The maximum Gasteiger partial charge on any atom is 0.586 e. The van der Waals surface area contributed by atoms with Crippen LogP contribution in [0.2, 0.25) is 0 Å². The average Bonchev–Trinajstić information content (AvgIpc) is 2.83. The van der Waals surface area contributed by atoms with Crippen molar-refractivity contribution in [1.29, 1.82) is 0 Å². The minimum absolute atomic E-state index is 0.0282. The zero-order valence-electron chi connectivity index (χ0n) is 15.6. The molecular formula is C18H23F2N3O4. The van der Waals surface area contributed by atoms with Crippen molar-refractivity contribution in [3.05, 3.63) is 23.8 Å². The van der Waals surface area contributed by atoms with Gasteiger partial charge >= 0.3 is 6.29 Å². The lowest BCUT2D eigenvalue weighted by Gasteiger charge is -2.35. The number of halogens is 2. The van der Waals surface area contributed by atoms with E-state index in [9.17, 15) is 18.4 Å². The summed E-state index contributed by atoms with van der Waals surface area (Å²) in [5.74, 6) is -0.675. The number of benzene rings is 1. The normalized spacial score (nSPS) is 24.9. The van der Waals surface area contributed by atoms with Crippen molar-refractivity contribution in [2.24, 2.45) is 5.41 Å². The molecule has 2 unspecified atom stereocenters. The summed E-state index contributed by atoms with van der Waals surface area (Å²) >= 11 is 0. The molecule has 0 spiro atoms. The Morgan fingerprint density at radius 1 is 1.30 bits per heavy atom. The van der Waals surface area contributed by atoms with Gasteiger partial charge in [-0.3, -0.25) is 14.9 Å². The number of hydrogen-bond donors (Lipinski definition) is 3. The second kappa shape index (κ2) is 6.63. The highest BCUT2D eigenvalue weighted by molar-refractivity contribution is 5.89. The summed E-state index contributed by atoms with van der Waals surface area (Å²) in [5, 5.41) is 8.63. The van der Waals surface area contributed by atoms with Crippen molar-refractivity contribution in [3.8, 4) is 11.5 Å². The minimum atomic E-state index is -3.70. The molecule has 0 aromatic heterocycles. The molecule has 1 fully saturated rings. The Bertz CT molecular complexity index is 763.